The Morgan fingerprint density at radius 1 is 1.24 bits per heavy atom. The van der Waals surface area contributed by atoms with Gasteiger partial charge in [0, 0.05) is 12.3 Å². The fourth-order valence-electron chi connectivity index (χ4n) is 8.59. The molecule has 0 amide bonds. The van der Waals surface area contributed by atoms with E-state index in [0.717, 1.165) is 24.1 Å². The number of aromatic nitrogens is 2. The Morgan fingerprint density at radius 2 is 2.03 bits per heavy atom. The van der Waals surface area contributed by atoms with Crippen molar-refractivity contribution in [1.29, 1.82) is 0 Å². The van der Waals surface area contributed by atoms with E-state index >= 15 is 0 Å². The number of rotatable bonds is 3. The average molecular weight is 509 g/mol. The number of aliphatic hydroxyl groups is 1. The first-order valence-electron chi connectivity index (χ1n) is 13.0. The predicted molar refractivity (Wildman–Crippen MR) is 130 cm³/mol. The molecule has 0 saturated heterocycles. The third kappa shape index (κ3) is 3.12. The van der Waals surface area contributed by atoms with E-state index in [1.807, 2.05) is 6.92 Å². The summed E-state index contributed by atoms with van der Waals surface area (Å²) in [6, 6.07) is 3.02. The Hall–Kier alpha value is -3.20. The van der Waals surface area contributed by atoms with Crippen LogP contribution in [0.25, 0.3) is 6.08 Å². The molecule has 196 valence electrons. The zero-order valence-electron chi connectivity index (χ0n) is 21.3. The number of furan rings is 1. The number of aliphatic carboxylic acids is 1. The molecule has 2 aromatic heterocycles. The van der Waals surface area contributed by atoms with Crippen LogP contribution in [0.4, 0.5) is 0 Å². The van der Waals surface area contributed by atoms with E-state index in [1.165, 1.54) is 29.5 Å². The summed E-state index contributed by atoms with van der Waals surface area (Å²) in [6.07, 6.45) is 7.68. The van der Waals surface area contributed by atoms with E-state index in [4.69, 9.17) is 9.15 Å². The Bertz CT molecular complexity index is 1330. The first-order chi connectivity index (χ1) is 17.5. The highest BCUT2D eigenvalue weighted by Gasteiger charge is 2.71. The normalized spacial score (nSPS) is 38.0. The molecule has 3 fully saturated rings. The fourth-order valence-corrected chi connectivity index (χ4v) is 8.59. The number of carbonyl (C=O) groups is 3. The predicted octanol–water partition coefficient (Wildman–Crippen LogP) is 3.97. The number of carboxylic acids is 1. The quantitative estimate of drug-likeness (QED) is 0.596. The average Bonchev–Trinajstić information content (AvgIpc) is 3.55. The Kier molecular flexibility index (Phi) is 5.16. The molecule has 2 heterocycles. The van der Waals surface area contributed by atoms with E-state index < -0.39 is 29.1 Å². The van der Waals surface area contributed by atoms with Crippen molar-refractivity contribution in [2.75, 3.05) is 0 Å². The molecule has 7 atom stereocenters. The molecule has 0 unspecified atom stereocenters. The van der Waals surface area contributed by atoms with Crippen molar-refractivity contribution in [3.8, 4) is 0 Å². The molecule has 6 rings (SSSR count). The highest BCUT2D eigenvalue weighted by molar-refractivity contribution is 5.90. The van der Waals surface area contributed by atoms with Crippen molar-refractivity contribution < 1.29 is 33.8 Å². The van der Waals surface area contributed by atoms with Gasteiger partial charge in [-0.05, 0) is 85.5 Å². The lowest BCUT2D eigenvalue weighted by molar-refractivity contribution is -0.195. The fraction of sp³-hybridized carbons (Fsp3) is 0.571. The number of ether oxygens (including phenoxy) is 1. The Balaban J connectivity index is 1.36. The molecule has 0 aliphatic heterocycles. The zero-order valence-corrected chi connectivity index (χ0v) is 21.3. The Labute approximate surface area is 214 Å². The highest BCUT2D eigenvalue weighted by Crippen LogP contribution is 2.68. The monoisotopic (exact) mass is 508 g/mol. The summed E-state index contributed by atoms with van der Waals surface area (Å²) in [4.78, 5) is 37.8. The number of fused-ring (bicyclic) bond motifs is 6. The second kappa shape index (κ2) is 7.90. The Morgan fingerprint density at radius 3 is 2.70 bits per heavy atom. The number of carbonyl (C=O) groups excluding carboxylic acids is 2. The number of aliphatic hydroxyl groups excluding tert-OH is 1. The second-order valence-corrected chi connectivity index (χ2v) is 11.8. The molecule has 0 radical (unpaired) electrons. The van der Waals surface area contributed by atoms with Crippen molar-refractivity contribution in [1.82, 2.24) is 9.78 Å². The van der Waals surface area contributed by atoms with Crippen LogP contribution in [0.5, 0.6) is 0 Å². The zero-order chi connectivity index (χ0) is 26.3. The molecule has 9 nitrogen and oxygen atoms in total. The van der Waals surface area contributed by atoms with Crippen LogP contribution in [0, 0.1) is 28.6 Å². The second-order valence-electron chi connectivity index (χ2n) is 11.8. The molecular formula is C28H32N2O7. The van der Waals surface area contributed by atoms with Crippen molar-refractivity contribution in [2.45, 2.75) is 71.0 Å². The van der Waals surface area contributed by atoms with Crippen LogP contribution in [0.15, 0.2) is 34.6 Å². The molecule has 2 N–H and O–H groups in total. The van der Waals surface area contributed by atoms with Crippen LogP contribution in [-0.4, -0.2) is 49.5 Å². The van der Waals surface area contributed by atoms with E-state index in [9.17, 15) is 24.6 Å². The van der Waals surface area contributed by atoms with Crippen molar-refractivity contribution in [3.05, 3.63) is 47.2 Å². The van der Waals surface area contributed by atoms with E-state index in [1.54, 1.807) is 12.3 Å². The maximum atomic E-state index is 12.9. The van der Waals surface area contributed by atoms with Crippen LogP contribution in [0.3, 0.4) is 0 Å². The molecule has 9 heteroatoms. The lowest BCUT2D eigenvalue weighted by Crippen LogP contribution is -2.63. The van der Waals surface area contributed by atoms with E-state index in [2.05, 4.69) is 18.1 Å². The smallest absolute Gasteiger partial charge is 0.375 e. The van der Waals surface area contributed by atoms with Crippen molar-refractivity contribution in [2.24, 2.45) is 28.6 Å². The van der Waals surface area contributed by atoms with Crippen LogP contribution in [0.2, 0.25) is 0 Å². The largest absolute Gasteiger partial charge is 0.478 e. The summed E-state index contributed by atoms with van der Waals surface area (Å²) in [5.41, 5.74) is 0.00987. The maximum absolute atomic E-state index is 12.9. The van der Waals surface area contributed by atoms with Crippen LogP contribution in [-0.2, 0) is 16.0 Å². The summed E-state index contributed by atoms with van der Waals surface area (Å²) in [5.74, 6) is -2.18. The van der Waals surface area contributed by atoms with Gasteiger partial charge < -0.3 is 19.4 Å². The van der Waals surface area contributed by atoms with Crippen molar-refractivity contribution in [3.63, 3.8) is 0 Å². The summed E-state index contributed by atoms with van der Waals surface area (Å²) in [5, 5.41) is 26.5. The third-order valence-corrected chi connectivity index (χ3v) is 10.2. The van der Waals surface area contributed by atoms with Crippen LogP contribution in [0.1, 0.15) is 79.5 Å². The molecule has 2 aromatic rings. The maximum Gasteiger partial charge on any atom is 0.375 e. The van der Waals surface area contributed by atoms with Crippen LogP contribution < -0.4 is 0 Å². The van der Waals surface area contributed by atoms with Gasteiger partial charge in [-0.3, -0.25) is 4.79 Å². The molecule has 37 heavy (non-hydrogen) atoms. The number of allylic oxidation sites excluding steroid dienone is 1. The molecule has 0 spiro atoms. The third-order valence-electron chi connectivity index (χ3n) is 10.2. The van der Waals surface area contributed by atoms with Gasteiger partial charge in [0.2, 0.25) is 17.3 Å². The minimum atomic E-state index is -1.74. The molecule has 4 aliphatic carbocycles. The lowest BCUT2D eigenvalue weighted by Gasteiger charge is -2.60. The van der Waals surface area contributed by atoms with Gasteiger partial charge in [0.1, 0.15) is 0 Å². The van der Waals surface area contributed by atoms with E-state index in [0.29, 0.717) is 12.8 Å². The number of esters is 1. The SMILES string of the molecule is CC(=O)n1ncc2c1C=C1CC[C@@H]3[C@H]([C@@H](O)C[C@@]4(C)[C@H]3CC[C@]4(OC(=O)c3ccco3)C(=O)O)[C@@]1(C)C2. The number of carboxylic acid groups (broad SMARTS) is 1. The first-order valence-corrected chi connectivity index (χ1v) is 13.0. The standard InChI is InChI=1S/C28H32N2O7/c1-15(31)30-20-11-17-6-7-18-19-8-9-28(25(34)35,37-24(33)22-5-4-10-36-22)27(19,3)13-21(32)23(18)26(17,2)12-16(20)14-29-30/h4-5,10-11,14,18-19,21,23,32H,6-9,12-13H2,1-3H3,(H,34,35)/t18-,19-,21-,23+,26-,27-,28-/m0/s1. The summed E-state index contributed by atoms with van der Waals surface area (Å²) < 4.78 is 12.4. The summed E-state index contributed by atoms with van der Waals surface area (Å²) in [6.45, 7) is 5.55. The number of hydrogen-bond acceptors (Lipinski definition) is 7. The molecule has 3 saturated carbocycles. The number of hydrogen-bond donors (Lipinski definition) is 2. The molecule has 4 aliphatic rings. The summed E-state index contributed by atoms with van der Waals surface area (Å²) in [7, 11) is 0. The van der Waals surface area contributed by atoms with Gasteiger partial charge in [0.25, 0.3) is 0 Å². The minimum absolute atomic E-state index is 0.0267. The van der Waals surface area contributed by atoms with Gasteiger partial charge in [0.15, 0.2) is 0 Å². The lowest BCUT2D eigenvalue weighted by atomic mass is 9.45. The summed E-state index contributed by atoms with van der Waals surface area (Å²) >= 11 is 0. The van der Waals surface area contributed by atoms with Crippen LogP contribution >= 0.6 is 0 Å². The molecular weight excluding hydrogens is 476 g/mol. The first kappa shape index (κ1) is 24.2. The van der Waals surface area contributed by atoms with Gasteiger partial charge >= 0.3 is 11.9 Å². The van der Waals surface area contributed by atoms with Gasteiger partial charge in [-0.2, -0.15) is 5.10 Å². The molecule has 0 bridgehead atoms. The van der Waals surface area contributed by atoms with Crippen molar-refractivity contribution >= 4 is 23.9 Å². The molecule has 0 aromatic carbocycles. The minimum Gasteiger partial charge on any atom is -0.478 e. The van der Waals surface area contributed by atoms with Gasteiger partial charge in [-0.25, -0.2) is 14.3 Å². The topological polar surface area (TPSA) is 132 Å². The number of nitrogens with zero attached hydrogens (tertiary/aromatic N) is 2. The van der Waals surface area contributed by atoms with Gasteiger partial charge in [0.05, 0.1) is 24.3 Å². The van der Waals surface area contributed by atoms with Gasteiger partial charge in [-0.1, -0.05) is 19.4 Å². The van der Waals surface area contributed by atoms with Gasteiger partial charge in [-0.15, -0.1) is 0 Å². The van der Waals surface area contributed by atoms with E-state index in [-0.39, 0.29) is 47.7 Å². The highest BCUT2D eigenvalue weighted by atomic mass is 16.6.